The number of benzene rings is 1. The van der Waals surface area contributed by atoms with Gasteiger partial charge in [-0.25, -0.2) is 4.79 Å². The van der Waals surface area contributed by atoms with Crippen LogP contribution in [0.2, 0.25) is 0 Å². The molecule has 1 aromatic carbocycles. The van der Waals surface area contributed by atoms with Crippen LogP contribution in [0.5, 0.6) is 5.75 Å². The third-order valence-electron chi connectivity index (χ3n) is 3.46. The summed E-state index contributed by atoms with van der Waals surface area (Å²) >= 11 is 0. The zero-order valence-electron chi connectivity index (χ0n) is 11.9. The summed E-state index contributed by atoms with van der Waals surface area (Å²) in [6.07, 6.45) is 1.61. The third-order valence-corrected chi connectivity index (χ3v) is 3.46. The Balaban J connectivity index is 1.89. The molecule has 0 bridgehead atoms. The minimum absolute atomic E-state index is 0.124. The number of carboxylic acids is 1. The second-order valence-corrected chi connectivity index (χ2v) is 4.98. The molecule has 114 valence electrons. The van der Waals surface area contributed by atoms with Crippen LogP contribution in [-0.4, -0.2) is 42.8 Å². The summed E-state index contributed by atoms with van der Waals surface area (Å²) in [7, 11) is 0. The number of carboxylic acid groups (broad SMARTS) is 1. The van der Waals surface area contributed by atoms with Gasteiger partial charge in [-0.2, -0.15) is 0 Å². The molecule has 0 radical (unpaired) electrons. The van der Waals surface area contributed by atoms with Gasteiger partial charge in [0.15, 0.2) is 6.61 Å². The molecule has 6 heteroatoms. The number of amides is 1. The summed E-state index contributed by atoms with van der Waals surface area (Å²) in [5, 5.41) is 11.9. The van der Waals surface area contributed by atoms with Crippen molar-refractivity contribution in [3.63, 3.8) is 0 Å². The van der Waals surface area contributed by atoms with Gasteiger partial charge in [-0.05, 0) is 31.9 Å². The number of hydrogen-bond donors (Lipinski definition) is 2. The Hall–Kier alpha value is -2.08. The Labute approximate surface area is 123 Å². The van der Waals surface area contributed by atoms with Gasteiger partial charge in [0.1, 0.15) is 5.75 Å². The van der Waals surface area contributed by atoms with E-state index in [9.17, 15) is 9.59 Å². The van der Waals surface area contributed by atoms with Crippen LogP contribution in [0.15, 0.2) is 18.2 Å². The van der Waals surface area contributed by atoms with Crippen LogP contribution in [0.4, 0.5) is 0 Å². The van der Waals surface area contributed by atoms with Crippen molar-refractivity contribution in [1.82, 2.24) is 5.32 Å². The largest absolute Gasteiger partial charge is 0.483 e. The normalized spacial score (nSPS) is 15.5. The number of aromatic carboxylic acids is 1. The van der Waals surface area contributed by atoms with Gasteiger partial charge in [0.25, 0.3) is 5.91 Å². The highest BCUT2D eigenvalue weighted by atomic mass is 16.5. The number of carbonyl (C=O) groups excluding carboxylic acids is 1. The van der Waals surface area contributed by atoms with Crippen LogP contribution >= 0.6 is 0 Å². The molecule has 0 aliphatic carbocycles. The van der Waals surface area contributed by atoms with Crippen molar-refractivity contribution >= 4 is 11.9 Å². The zero-order valence-corrected chi connectivity index (χ0v) is 11.9. The van der Waals surface area contributed by atoms with Crippen molar-refractivity contribution in [3.05, 3.63) is 29.3 Å². The van der Waals surface area contributed by atoms with E-state index in [-0.39, 0.29) is 24.1 Å². The molecular weight excluding hydrogens is 274 g/mol. The first-order valence-electron chi connectivity index (χ1n) is 6.90. The molecule has 1 aliphatic heterocycles. The van der Waals surface area contributed by atoms with E-state index in [0.717, 1.165) is 12.8 Å². The first kappa shape index (κ1) is 15.3. The van der Waals surface area contributed by atoms with Crippen LogP contribution in [0, 0.1) is 6.92 Å². The first-order chi connectivity index (χ1) is 10.1. The summed E-state index contributed by atoms with van der Waals surface area (Å²) in [5.74, 6) is -0.802. The Morgan fingerprint density at radius 2 is 2.10 bits per heavy atom. The topological polar surface area (TPSA) is 84.9 Å². The fourth-order valence-corrected chi connectivity index (χ4v) is 2.26. The number of rotatable bonds is 5. The number of nitrogens with one attached hydrogen (secondary N) is 1. The molecule has 0 saturated carbocycles. The van der Waals surface area contributed by atoms with Gasteiger partial charge in [-0.1, -0.05) is 6.07 Å². The molecule has 1 amide bonds. The number of hydrogen-bond acceptors (Lipinski definition) is 4. The van der Waals surface area contributed by atoms with Gasteiger partial charge >= 0.3 is 5.97 Å². The zero-order chi connectivity index (χ0) is 15.2. The van der Waals surface area contributed by atoms with Crippen LogP contribution in [0.3, 0.4) is 0 Å². The lowest BCUT2D eigenvalue weighted by molar-refractivity contribution is -0.124. The third kappa shape index (κ3) is 4.19. The Morgan fingerprint density at radius 3 is 2.76 bits per heavy atom. The molecule has 1 saturated heterocycles. The molecule has 0 aromatic heterocycles. The predicted octanol–water partition coefficient (Wildman–Crippen LogP) is 1.37. The number of carbonyl (C=O) groups is 2. The van der Waals surface area contributed by atoms with E-state index >= 15 is 0 Å². The Morgan fingerprint density at radius 1 is 1.38 bits per heavy atom. The highest BCUT2D eigenvalue weighted by molar-refractivity contribution is 5.90. The molecule has 0 atom stereocenters. The van der Waals surface area contributed by atoms with Crippen molar-refractivity contribution < 1.29 is 24.2 Å². The van der Waals surface area contributed by atoms with Crippen LogP contribution in [0.1, 0.15) is 28.8 Å². The SMILES string of the molecule is Cc1c(OCC(=O)NC2CCOCC2)cccc1C(=O)O. The van der Waals surface area contributed by atoms with E-state index in [1.165, 1.54) is 6.07 Å². The van der Waals surface area contributed by atoms with Gasteiger partial charge in [-0.15, -0.1) is 0 Å². The average molecular weight is 293 g/mol. The van der Waals surface area contributed by atoms with E-state index in [0.29, 0.717) is 24.5 Å². The molecule has 6 nitrogen and oxygen atoms in total. The lowest BCUT2D eigenvalue weighted by Gasteiger charge is -2.23. The molecule has 1 aromatic rings. The van der Waals surface area contributed by atoms with Crippen LogP contribution in [0.25, 0.3) is 0 Å². The lowest BCUT2D eigenvalue weighted by Crippen LogP contribution is -2.41. The van der Waals surface area contributed by atoms with E-state index in [1.807, 2.05) is 0 Å². The lowest BCUT2D eigenvalue weighted by atomic mass is 10.1. The molecule has 21 heavy (non-hydrogen) atoms. The second kappa shape index (κ2) is 7.08. The molecular formula is C15H19NO5. The summed E-state index contributed by atoms with van der Waals surface area (Å²) in [5.41, 5.74) is 0.696. The predicted molar refractivity (Wildman–Crippen MR) is 75.6 cm³/mol. The fourth-order valence-electron chi connectivity index (χ4n) is 2.26. The summed E-state index contributed by atoms with van der Waals surface area (Å²) in [6, 6.07) is 4.89. The van der Waals surface area contributed by atoms with Crippen molar-refractivity contribution in [3.8, 4) is 5.75 Å². The Bertz CT molecular complexity index is 523. The molecule has 0 spiro atoms. The van der Waals surface area contributed by atoms with E-state index in [1.54, 1.807) is 19.1 Å². The molecule has 1 aliphatic rings. The Kier molecular flexibility index (Phi) is 5.16. The maximum absolute atomic E-state index is 11.8. The maximum atomic E-state index is 11.8. The average Bonchev–Trinajstić information content (AvgIpc) is 2.47. The van der Waals surface area contributed by atoms with Gasteiger partial charge in [0, 0.05) is 24.8 Å². The van der Waals surface area contributed by atoms with Gasteiger partial charge < -0.3 is 19.9 Å². The van der Waals surface area contributed by atoms with E-state index in [2.05, 4.69) is 5.32 Å². The molecule has 1 heterocycles. The van der Waals surface area contributed by atoms with Crippen molar-refractivity contribution in [1.29, 1.82) is 0 Å². The van der Waals surface area contributed by atoms with Gasteiger partial charge in [-0.3, -0.25) is 4.79 Å². The molecule has 0 unspecified atom stereocenters. The summed E-state index contributed by atoms with van der Waals surface area (Å²) in [4.78, 5) is 22.8. The second-order valence-electron chi connectivity index (χ2n) is 4.98. The quantitative estimate of drug-likeness (QED) is 0.856. The highest BCUT2D eigenvalue weighted by Crippen LogP contribution is 2.21. The van der Waals surface area contributed by atoms with Crippen molar-refractivity contribution in [2.24, 2.45) is 0 Å². The van der Waals surface area contributed by atoms with Crippen LogP contribution < -0.4 is 10.1 Å². The monoisotopic (exact) mass is 293 g/mol. The van der Waals surface area contributed by atoms with E-state index in [4.69, 9.17) is 14.6 Å². The summed E-state index contributed by atoms with van der Waals surface area (Å²) < 4.78 is 10.6. The minimum atomic E-state index is -1.01. The van der Waals surface area contributed by atoms with Crippen molar-refractivity contribution in [2.45, 2.75) is 25.8 Å². The smallest absolute Gasteiger partial charge is 0.336 e. The first-order valence-corrected chi connectivity index (χ1v) is 6.90. The molecule has 1 fully saturated rings. The molecule has 2 N–H and O–H groups in total. The van der Waals surface area contributed by atoms with Gasteiger partial charge in [0.05, 0.1) is 5.56 Å². The minimum Gasteiger partial charge on any atom is -0.483 e. The fraction of sp³-hybridized carbons (Fsp3) is 0.467. The van der Waals surface area contributed by atoms with Crippen molar-refractivity contribution in [2.75, 3.05) is 19.8 Å². The maximum Gasteiger partial charge on any atom is 0.336 e. The molecule has 2 rings (SSSR count). The summed E-state index contributed by atoms with van der Waals surface area (Å²) in [6.45, 7) is 2.85. The van der Waals surface area contributed by atoms with Gasteiger partial charge in [0.2, 0.25) is 0 Å². The highest BCUT2D eigenvalue weighted by Gasteiger charge is 2.17. The standard InChI is InChI=1S/C15H19NO5/c1-10-12(15(18)19)3-2-4-13(10)21-9-14(17)16-11-5-7-20-8-6-11/h2-4,11H,5-9H2,1H3,(H,16,17)(H,18,19). The number of ether oxygens (including phenoxy) is 2. The van der Waals surface area contributed by atoms with E-state index < -0.39 is 5.97 Å². The van der Waals surface area contributed by atoms with Crippen LogP contribution in [-0.2, 0) is 9.53 Å².